The molecule has 2 heterocycles. The van der Waals surface area contributed by atoms with E-state index in [2.05, 4.69) is 15.3 Å². The molecule has 29 heavy (non-hydrogen) atoms. The van der Waals surface area contributed by atoms with E-state index in [-0.39, 0.29) is 12.5 Å². The van der Waals surface area contributed by atoms with Crippen LogP contribution in [0.5, 0.6) is 5.75 Å². The standard InChI is InChI=1S/C22H15N3O3S/c26-21(12-27-18-7-3-5-14-4-1-2-6-16(14)18)24-15-8-9-19-17(10-15)25-22(28-19)20-11-23-13-29-20/h1-11,13H,12H2,(H,24,26). The number of hydrogen-bond acceptors (Lipinski definition) is 6. The third-order valence-electron chi connectivity index (χ3n) is 4.42. The lowest BCUT2D eigenvalue weighted by Gasteiger charge is -2.09. The molecule has 0 atom stereocenters. The van der Waals surface area contributed by atoms with Crippen LogP contribution in [0.2, 0.25) is 0 Å². The molecule has 0 aliphatic carbocycles. The number of hydrogen-bond donors (Lipinski definition) is 1. The number of aromatic nitrogens is 2. The quantitative estimate of drug-likeness (QED) is 0.442. The van der Waals surface area contributed by atoms with E-state index in [1.165, 1.54) is 11.3 Å². The van der Waals surface area contributed by atoms with Crippen LogP contribution in [-0.4, -0.2) is 22.5 Å². The Labute approximate surface area is 169 Å². The molecule has 2 aromatic heterocycles. The zero-order valence-electron chi connectivity index (χ0n) is 15.2. The van der Waals surface area contributed by atoms with Gasteiger partial charge in [0.05, 0.1) is 11.7 Å². The van der Waals surface area contributed by atoms with Crippen molar-refractivity contribution in [1.29, 1.82) is 0 Å². The highest BCUT2D eigenvalue weighted by Crippen LogP contribution is 2.28. The highest BCUT2D eigenvalue weighted by molar-refractivity contribution is 7.13. The fourth-order valence-electron chi connectivity index (χ4n) is 3.09. The molecule has 1 amide bonds. The predicted octanol–water partition coefficient (Wildman–Crippen LogP) is 5.12. The van der Waals surface area contributed by atoms with E-state index in [0.717, 1.165) is 15.6 Å². The summed E-state index contributed by atoms with van der Waals surface area (Å²) in [5, 5.41) is 4.88. The maximum Gasteiger partial charge on any atom is 0.262 e. The van der Waals surface area contributed by atoms with Crippen molar-refractivity contribution in [3.63, 3.8) is 0 Å². The highest BCUT2D eigenvalue weighted by atomic mass is 32.1. The fraction of sp³-hybridized carbons (Fsp3) is 0.0455. The van der Waals surface area contributed by atoms with Crippen molar-refractivity contribution in [2.75, 3.05) is 11.9 Å². The van der Waals surface area contributed by atoms with E-state index in [4.69, 9.17) is 9.15 Å². The van der Waals surface area contributed by atoms with Crippen molar-refractivity contribution in [2.24, 2.45) is 0 Å². The molecular weight excluding hydrogens is 386 g/mol. The largest absolute Gasteiger partial charge is 0.483 e. The summed E-state index contributed by atoms with van der Waals surface area (Å²) in [4.78, 5) is 21.7. The van der Waals surface area contributed by atoms with Gasteiger partial charge < -0.3 is 14.5 Å². The van der Waals surface area contributed by atoms with Gasteiger partial charge in [-0.15, -0.1) is 11.3 Å². The van der Waals surface area contributed by atoms with E-state index < -0.39 is 0 Å². The Kier molecular flexibility index (Phi) is 4.42. The van der Waals surface area contributed by atoms with E-state index in [1.807, 2.05) is 42.5 Å². The van der Waals surface area contributed by atoms with Crippen LogP contribution < -0.4 is 10.1 Å². The molecule has 0 radical (unpaired) electrons. The number of ether oxygens (including phenoxy) is 1. The van der Waals surface area contributed by atoms with Gasteiger partial charge in [-0.3, -0.25) is 9.78 Å². The van der Waals surface area contributed by atoms with Crippen LogP contribution in [-0.2, 0) is 4.79 Å². The van der Waals surface area contributed by atoms with Gasteiger partial charge in [-0.2, -0.15) is 0 Å². The van der Waals surface area contributed by atoms with Gasteiger partial charge in [0.15, 0.2) is 12.2 Å². The van der Waals surface area contributed by atoms with E-state index in [9.17, 15) is 4.79 Å². The van der Waals surface area contributed by atoms with Crippen molar-refractivity contribution in [2.45, 2.75) is 0 Å². The monoisotopic (exact) mass is 401 g/mol. The van der Waals surface area contributed by atoms with Crippen LogP contribution in [0.3, 0.4) is 0 Å². The Morgan fingerprint density at radius 1 is 1.10 bits per heavy atom. The Hall–Kier alpha value is -3.71. The number of carbonyl (C=O) groups is 1. The summed E-state index contributed by atoms with van der Waals surface area (Å²) >= 11 is 1.46. The maximum atomic E-state index is 12.4. The molecule has 0 aliphatic heterocycles. The third-order valence-corrected chi connectivity index (χ3v) is 5.18. The van der Waals surface area contributed by atoms with Crippen molar-refractivity contribution < 1.29 is 13.9 Å². The number of anilines is 1. The van der Waals surface area contributed by atoms with Crippen LogP contribution >= 0.6 is 11.3 Å². The molecule has 0 bridgehead atoms. The molecule has 1 N–H and O–H groups in total. The number of carbonyl (C=O) groups excluding carboxylic acids is 1. The Balaban J connectivity index is 1.29. The zero-order valence-corrected chi connectivity index (χ0v) is 16.0. The molecule has 5 rings (SSSR count). The Morgan fingerprint density at radius 3 is 2.90 bits per heavy atom. The number of rotatable bonds is 5. The van der Waals surface area contributed by atoms with Gasteiger partial charge in [-0.05, 0) is 29.7 Å². The summed E-state index contributed by atoms with van der Waals surface area (Å²) in [5.74, 6) is 0.952. The van der Waals surface area contributed by atoms with Crippen LogP contribution in [0.25, 0.3) is 32.6 Å². The number of fused-ring (bicyclic) bond motifs is 2. The number of oxazole rings is 1. The second kappa shape index (κ2) is 7.37. The lowest BCUT2D eigenvalue weighted by atomic mass is 10.1. The summed E-state index contributed by atoms with van der Waals surface area (Å²) in [6, 6.07) is 19.0. The second-order valence-electron chi connectivity index (χ2n) is 6.38. The number of nitrogens with zero attached hydrogens (tertiary/aromatic N) is 2. The first-order valence-electron chi connectivity index (χ1n) is 8.96. The number of nitrogens with one attached hydrogen (secondary N) is 1. The molecular formula is C22H15N3O3S. The number of amides is 1. The molecule has 0 fully saturated rings. The maximum absolute atomic E-state index is 12.4. The van der Waals surface area contributed by atoms with E-state index in [1.54, 1.807) is 29.9 Å². The lowest BCUT2D eigenvalue weighted by Crippen LogP contribution is -2.20. The minimum atomic E-state index is -0.247. The number of thiazole rings is 1. The SMILES string of the molecule is O=C(COc1cccc2ccccc12)Nc1ccc2oc(-c3cncs3)nc2c1. The van der Waals surface area contributed by atoms with Gasteiger partial charge in [0.25, 0.3) is 5.91 Å². The van der Waals surface area contributed by atoms with E-state index in [0.29, 0.717) is 28.4 Å². The predicted molar refractivity (Wildman–Crippen MR) is 113 cm³/mol. The molecule has 142 valence electrons. The van der Waals surface area contributed by atoms with Crippen molar-refractivity contribution in [3.05, 3.63) is 72.4 Å². The van der Waals surface area contributed by atoms with Gasteiger partial charge in [0.1, 0.15) is 16.1 Å². The molecule has 0 saturated carbocycles. The molecule has 5 aromatic rings. The van der Waals surface area contributed by atoms with Crippen molar-refractivity contribution in [1.82, 2.24) is 9.97 Å². The highest BCUT2D eigenvalue weighted by Gasteiger charge is 2.11. The van der Waals surface area contributed by atoms with E-state index >= 15 is 0 Å². The number of benzene rings is 3. The first kappa shape index (κ1) is 17.4. The normalized spacial score (nSPS) is 11.0. The van der Waals surface area contributed by atoms with Crippen LogP contribution in [0.1, 0.15) is 0 Å². The average Bonchev–Trinajstić information content (AvgIpc) is 3.41. The minimum Gasteiger partial charge on any atom is -0.483 e. The third kappa shape index (κ3) is 3.55. The smallest absolute Gasteiger partial charge is 0.262 e. The summed E-state index contributed by atoms with van der Waals surface area (Å²) in [5.41, 5.74) is 3.68. The molecule has 7 heteroatoms. The van der Waals surface area contributed by atoms with Crippen LogP contribution in [0, 0.1) is 0 Å². The van der Waals surface area contributed by atoms with Gasteiger partial charge in [0, 0.05) is 11.1 Å². The minimum absolute atomic E-state index is 0.0863. The Morgan fingerprint density at radius 2 is 2.00 bits per heavy atom. The van der Waals surface area contributed by atoms with Crippen molar-refractivity contribution in [3.8, 4) is 16.5 Å². The topological polar surface area (TPSA) is 77.2 Å². The zero-order chi connectivity index (χ0) is 19.6. The van der Waals surface area contributed by atoms with Gasteiger partial charge in [0.2, 0.25) is 5.89 Å². The summed E-state index contributed by atoms with van der Waals surface area (Å²) < 4.78 is 11.5. The molecule has 6 nitrogen and oxygen atoms in total. The summed E-state index contributed by atoms with van der Waals surface area (Å²) in [6.07, 6.45) is 1.71. The Bertz CT molecular complexity index is 1310. The van der Waals surface area contributed by atoms with Crippen molar-refractivity contribution >= 4 is 44.8 Å². The van der Waals surface area contributed by atoms with Gasteiger partial charge in [-0.25, -0.2) is 4.98 Å². The fourth-order valence-corrected chi connectivity index (χ4v) is 3.64. The lowest BCUT2D eigenvalue weighted by molar-refractivity contribution is -0.118. The first-order chi connectivity index (χ1) is 14.3. The molecule has 3 aromatic carbocycles. The molecule has 0 aliphatic rings. The van der Waals surface area contributed by atoms with Crippen LogP contribution in [0.4, 0.5) is 5.69 Å². The average molecular weight is 401 g/mol. The van der Waals surface area contributed by atoms with Gasteiger partial charge >= 0.3 is 0 Å². The second-order valence-corrected chi connectivity index (χ2v) is 7.27. The van der Waals surface area contributed by atoms with Gasteiger partial charge in [-0.1, -0.05) is 36.4 Å². The summed E-state index contributed by atoms with van der Waals surface area (Å²) in [7, 11) is 0. The first-order valence-corrected chi connectivity index (χ1v) is 9.84. The van der Waals surface area contributed by atoms with Crippen LogP contribution in [0.15, 0.2) is 76.8 Å². The summed E-state index contributed by atoms with van der Waals surface area (Å²) in [6.45, 7) is -0.0863. The molecule has 0 saturated heterocycles. The molecule has 0 spiro atoms. The molecule has 0 unspecified atom stereocenters.